The number of carbonyl (C=O) groups is 2. The van der Waals surface area contributed by atoms with Crippen LogP contribution in [-0.4, -0.2) is 41.2 Å². The minimum atomic E-state index is 0.0769. The number of hydrogen-bond acceptors (Lipinski definition) is 2. The van der Waals surface area contributed by atoms with Crippen molar-refractivity contribution in [1.82, 2.24) is 9.80 Å². The van der Waals surface area contributed by atoms with Crippen molar-refractivity contribution in [3.8, 4) is 0 Å². The molecule has 0 spiro atoms. The van der Waals surface area contributed by atoms with Gasteiger partial charge in [-0.3, -0.25) is 9.59 Å². The molecule has 2 heterocycles. The average Bonchev–Trinajstić information content (AvgIpc) is 2.54. The van der Waals surface area contributed by atoms with Crippen LogP contribution in [0.2, 0.25) is 0 Å². The molecule has 0 N–H and O–H groups in total. The summed E-state index contributed by atoms with van der Waals surface area (Å²) in [5, 5.41) is 0. The lowest BCUT2D eigenvalue weighted by Crippen LogP contribution is -2.45. The summed E-state index contributed by atoms with van der Waals surface area (Å²) in [4.78, 5) is 28.1. The van der Waals surface area contributed by atoms with E-state index in [1.165, 1.54) is 11.1 Å². The lowest BCUT2D eigenvalue weighted by atomic mass is 9.89. The minimum Gasteiger partial charge on any atom is -0.343 e. The molecule has 3 rings (SSSR count). The molecule has 4 nitrogen and oxygen atoms in total. The third kappa shape index (κ3) is 2.87. The summed E-state index contributed by atoms with van der Waals surface area (Å²) in [6.07, 6.45) is 1.59. The fourth-order valence-corrected chi connectivity index (χ4v) is 3.73. The van der Waals surface area contributed by atoms with Crippen LogP contribution in [-0.2, 0) is 16.1 Å². The Morgan fingerprint density at radius 2 is 1.77 bits per heavy atom. The fraction of sp³-hybridized carbons (Fsp3) is 0.556. The number of likely N-dealkylation sites (tertiary alicyclic amines) is 1. The zero-order valence-electron chi connectivity index (χ0n) is 13.4. The number of fused-ring (bicyclic) bond motifs is 1. The SMILES string of the molecule is CC(=O)N1CCC(C(=O)N2Cc3ccccc3C(C)C2)CC1. The predicted octanol–water partition coefficient (Wildman–Crippen LogP) is 2.39. The smallest absolute Gasteiger partial charge is 0.226 e. The molecule has 2 aliphatic heterocycles. The van der Waals surface area contributed by atoms with Crippen molar-refractivity contribution < 1.29 is 9.59 Å². The summed E-state index contributed by atoms with van der Waals surface area (Å²) in [5.41, 5.74) is 2.65. The molecular weight excluding hydrogens is 276 g/mol. The molecule has 1 aromatic rings. The molecule has 2 aliphatic rings. The van der Waals surface area contributed by atoms with Crippen molar-refractivity contribution in [2.24, 2.45) is 5.92 Å². The second-order valence-corrected chi connectivity index (χ2v) is 6.60. The van der Waals surface area contributed by atoms with Crippen LogP contribution in [0.1, 0.15) is 43.7 Å². The zero-order valence-corrected chi connectivity index (χ0v) is 13.4. The predicted molar refractivity (Wildman–Crippen MR) is 85.3 cm³/mol. The molecule has 1 saturated heterocycles. The van der Waals surface area contributed by atoms with Crippen LogP contribution in [0.5, 0.6) is 0 Å². The van der Waals surface area contributed by atoms with E-state index in [2.05, 4.69) is 25.1 Å². The molecule has 0 aliphatic carbocycles. The third-order valence-electron chi connectivity index (χ3n) is 5.04. The number of rotatable bonds is 1. The standard InChI is InChI=1S/C18H24N2O2/c1-13-11-20(12-16-5-3-4-6-17(13)16)18(22)15-7-9-19(10-8-15)14(2)21/h3-6,13,15H,7-12H2,1-2H3. The Morgan fingerprint density at radius 3 is 2.45 bits per heavy atom. The second kappa shape index (κ2) is 6.11. The highest BCUT2D eigenvalue weighted by Gasteiger charge is 2.32. The first-order chi connectivity index (χ1) is 10.6. The van der Waals surface area contributed by atoms with E-state index < -0.39 is 0 Å². The van der Waals surface area contributed by atoms with E-state index in [9.17, 15) is 9.59 Å². The van der Waals surface area contributed by atoms with E-state index in [1.54, 1.807) is 6.92 Å². The van der Waals surface area contributed by atoms with Crippen LogP contribution in [0.4, 0.5) is 0 Å². The Hall–Kier alpha value is -1.84. The highest BCUT2D eigenvalue weighted by atomic mass is 16.2. The normalized spacial score (nSPS) is 22.4. The van der Waals surface area contributed by atoms with Crippen molar-refractivity contribution in [2.45, 2.75) is 39.2 Å². The fourth-order valence-electron chi connectivity index (χ4n) is 3.73. The molecule has 0 radical (unpaired) electrons. The molecule has 2 amide bonds. The zero-order chi connectivity index (χ0) is 15.7. The van der Waals surface area contributed by atoms with Gasteiger partial charge in [0.05, 0.1) is 0 Å². The maximum Gasteiger partial charge on any atom is 0.226 e. The van der Waals surface area contributed by atoms with Crippen LogP contribution in [0.3, 0.4) is 0 Å². The molecule has 1 aromatic carbocycles. The maximum absolute atomic E-state index is 12.8. The minimum absolute atomic E-state index is 0.0769. The molecule has 118 valence electrons. The Labute approximate surface area is 132 Å². The molecule has 0 saturated carbocycles. The van der Waals surface area contributed by atoms with E-state index in [0.717, 1.165) is 25.9 Å². The van der Waals surface area contributed by atoms with Gasteiger partial charge in [-0.05, 0) is 29.9 Å². The molecule has 0 aromatic heterocycles. The summed E-state index contributed by atoms with van der Waals surface area (Å²) in [5.74, 6) is 0.857. The van der Waals surface area contributed by atoms with Crippen LogP contribution in [0.25, 0.3) is 0 Å². The molecule has 1 atom stereocenters. The molecular formula is C18H24N2O2. The number of benzene rings is 1. The van der Waals surface area contributed by atoms with Crippen LogP contribution in [0, 0.1) is 5.92 Å². The molecule has 1 fully saturated rings. The Kier molecular flexibility index (Phi) is 4.19. The van der Waals surface area contributed by atoms with Gasteiger partial charge in [0.2, 0.25) is 11.8 Å². The van der Waals surface area contributed by atoms with Gasteiger partial charge in [-0.25, -0.2) is 0 Å². The number of piperidine rings is 1. The number of carbonyl (C=O) groups excluding carboxylic acids is 2. The third-order valence-corrected chi connectivity index (χ3v) is 5.04. The van der Waals surface area contributed by atoms with E-state index in [4.69, 9.17) is 0 Å². The van der Waals surface area contributed by atoms with Gasteiger partial charge in [0.1, 0.15) is 0 Å². The first-order valence-corrected chi connectivity index (χ1v) is 8.18. The number of nitrogens with zero attached hydrogens (tertiary/aromatic N) is 2. The Morgan fingerprint density at radius 1 is 1.09 bits per heavy atom. The molecule has 1 unspecified atom stereocenters. The summed E-state index contributed by atoms with van der Waals surface area (Å²) in [6.45, 7) is 6.76. The average molecular weight is 300 g/mol. The van der Waals surface area contributed by atoms with Crippen molar-refractivity contribution in [3.05, 3.63) is 35.4 Å². The van der Waals surface area contributed by atoms with Crippen molar-refractivity contribution in [2.75, 3.05) is 19.6 Å². The lowest BCUT2D eigenvalue weighted by Gasteiger charge is -2.37. The first-order valence-electron chi connectivity index (χ1n) is 8.18. The molecule has 0 bridgehead atoms. The van der Waals surface area contributed by atoms with Crippen LogP contribution in [0.15, 0.2) is 24.3 Å². The topological polar surface area (TPSA) is 40.6 Å². The Bertz CT molecular complexity index is 576. The van der Waals surface area contributed by atoms with Gasteiger partial charge in [0, 0.05) is 39.0 Å². The van der Waals surface area contributed by atoms with Crippen LogP contribution >= 0.6 is 0 Å². The lowest BCUT2D eigenvalue weighted by molar-refractivity contribution is -0.141. The van der Waals surface area contributed by atoms with Gasteiger partial charge in [-0.2, -0.15) is 0 Å². The largest absolute Gasteiger partial charge is 0.343 e. The quantitative estimate of drug-likeness (QED) is 0.799. The maximum atomic E-state index is 12.8. The van der Waals surface area contributed by atoms with Gasteiger partial charge in [0.15, 0.2) is 0 Å². The Balaban J connectivity index is 1.66. The van der Waals surface area contributed by atoms with E-state index in [-0.39, 0.29) is 17.7 Å². The van der Waals surface area contributed by atoms with Gasteiger partial charge in [-0.15, -0.1) is 0 Å². The van der Waals surface area contributed by atoms with Crippen molar-refractivity contribution in [3.63, 3.8) is 0 Å². The highest BCUT2D eigenvalue weighted by molar-refractivity contribution is 5.80. The summed E-state index contributed by atoms with van der Waals surface area (Å²) >= 11 is 0. The summed E-state index contributed by atoms with van der Waals surface area (Å²) in [6, 6.07) is 8.42. The van der Waals surface area contributed by atoms with E-state index >= 15 is 0 Å². The second-order valence-electron chi connectivity index (χ2n) is 6.60. The summed E-state index contributed by atoms with van der Waals surface area (Å²) in [7, 11) is 0. The number of hydrogen-bond donors (Lipinski definition) is 0. The summed E-state index contributed by atoms with van der Waals surface area (Å²) < 4.78 is 0. The van der Waals surface area contributed by atoms with E-state index in [0.29, 0.717) is 19.0 Å². The highest BCUT2D eigenvalue weighted by Crippen LogP contribution is 2.30. The molecule has 22 heavy (non-hydrogen) atoms. The van der Waals surface area contributed by atoms with Crippen molar-refractivity contribution in [1.29, 1.82) is 0 Å². The van der Waals surface area contributed by atoms with Gasteiger partial charge in [-0.1, -0.05) is 31.2 Å². The van der Waals surface area contributed by atoms with Crippen molar-refractivity contribution >= 4 is 11.8 Å². The van der Waals surface area contributed by atoms with Gasteiger partial charge in [0.25, 0.3) is 0 Å². The first kappa shape index (κ1) is 15.1. The van der Waals surface area contributed by atoms with Gasteiger partial charge < -0.3 is 9.80 Å². The molecule has 4 heteroatoms. The van der Waals surface area contributed by atoms with E-state index in [1.807, 2.05) is 15.9 Å². The van der Waals surface area contributed by atoms with Gasteiger partial charge >= 0.3 is 0 Å². The van der Waals surface area contributed by atoms with Crippen LogP contribution < -0.4 is 0 Å². The number of amides is 2. The monoisotopic (exact) mass is 300 g/mol.